The minimum Gasteiger partial charge on any atom is -0.354 e. The number of alkyl halides is 3. The molecule has 0 atom stereocenters. The molecule has 1 aliphatic heterocycles. The second-order valence-electron chi connectivity index (χ2n) is 4.67. The molecule has 2 rings (SSSR count). The lowest BCUT2D eigenvalue weighted by Crippen LogP contribution is -2.29. The second-order valence-corrected chi connectivity index (χ2v) is 5.08. The molecular weight excluding hydrogens is 279 g/mol. The number of halogens is 4. The molecule has 1 fully saturated rings. The monoisotopic (exact) mass is 293 g/mol. The van der Waals surface area contributed by atoms with Crippen LogP contribution in [0.2, 0.25) is 5.02 Å². The average Bonchev–Trinajstić information content (AvgIpc) is 2.53. The zero-order valence-corrected chi connectivity index (χ0v) is 11.3. The van der Waals surface area contributed by atoms with Gasteiger partial charge in [-0.05, 0) is 26.1 Å². The summed E-state index contributed by atoms with van der Waals surface area (Å²) in [5, 5.41) is 0.0550. The van der Waals surface area contributed by atoms with E-state index in [4.69, 9.17) is 11.6 Å². The van der Waals surface area contributed by atoms with Crippen LogP contribution in [0, 0.1) is 0 Å². The SMILES string of the molecule is CN1CCCN(c2ncc(C(F)(F)F)cc2Cl)CC1. The van der Waals surface area contributed by atoms with Crippen molar-refractivity contribution in [1.82, 2.24) is 9.88 Å². The number of pyridine rings is 1. The first-order valence-electron chi connectivity index (χ1n) is 6.04. The Morgan fingerprint density at radius 1 is 1.21 bits per heavy atom. The molecule has 7 heteroatoms. The highest BCUT2D eigenvalue weighted by molar-refractivity contribution is 6.33. The van der Waals surface area contributed by atoms with Gasteiger partial charge < -0.3 is 9.80 Å². The highest BCUT2D eigenvalue weighted by atomic mass is 35.5. The van der Waals surface area contributed by atoms with Gasteiger partial charge in [-0.15, -0.1) is 0 Å². The van der Waals surface area contributed by atoms with Crippen LogP contribution in [0.1, 0.15) is 12.0 Å². The van der Waals surface area contributed by atoms with E-state index in [1.807, 2.05) is 11.9 Å². The summed E-state index contributed by atoms with van der Waals surface area (Å²) in [5.74, 6) is 0.435. The molecule has 3 nitrogen and oxygen atoms in total. The maximum absolute atomic E-state index is 12.5. The average molecular weight is 294 g/mol. The zero-order valence-electron chi connectivity index (χ0n) is 10.5. The van der Waals surface area contributed by atoms with Gasteiger partial charge in [0, 0.05) is 25.8 Å². The quantitative estimate of drug-likeness (QED) is 0.794. The highest BCUT2D eigenvalue weighted by Gasteiger charge is 2.32. The Balaban J connectivity index is 2.21. The molecule has 1 aliphatic rings. The predicted octanol–water partition coefficient (Wildman–Crippen LogP) is 2.90. The van der Waals surface area contributed by atoms with E-state index in [-0.39, 0.29) is 5.02 Å². The van der Waals surface area contributed by atoms with Crippen LogP contribution in [-0.2, 0) is 6.18 Å². The summed E-state index contributed by atoms with van der Waals surface area (Å²) in [6.45, 7) is 3.28. The lowest BCUT2D eigenvalue weighted by Gasteiger charge is -2.23. The van der Waals surface area contributed by atoms with Crippen LogP contribution in [0.15, 0.2) is 12.3 Å². The van der Waals surface area contributed by atoms with E-state index in [2.05, 4.69) is 9.88 Å². The van der Waals surface area contributed by atoms with Crippen molar-refractivity contribution in [2.24, 2.45) is 0 Å². The van der Waals surface area contributed by atoms with E-state index < -0.39 is 11.7 Å². The lowest BCUT2D eigenvalue weighted by molar-refractivity contribution is -0.137. The van der Waals surface area contributed by atoms with E-state index in [9.17, 15) is 13.2 Å². The molecule has 0 radical (unpaired) electrons. The van der Waals surface area contributed by atoms with Gasteiger partial charge in [-0.2, -0.15) is 13.2 Å². The number of likely N-dealkylation sites (N-methyl/N-ethyl adjacent to an activating group) is 1. The number of nitrogens with zero attached hydrogens (tertiary/aromatic N) is 3. The molecule has 0 unspecified atom stereocenters. The number of hydrogen-bond donors (Lipinski definition) is 0. The number of aromatic nitrogens is 1. The third-order valence-corrected chi connectivity index (χ3v) is 3.45. The first-order chi connectivity index (χ1) is 8.88. The number of rotatable bonds is 1. The van der Waals surface area contributed by atoms with Crippen molar-refractivity contribution in [3.05, 3.63) is 22.8 Å². The third-order valence-electron chi connectivity index (χ3n) is 3.17. The minimum absolute atomic E-state index is 0.0550. The van der Waals surface area contributed by atoms with E-state index in [0.29, 0.717) is 12.4 Å². The van der Waals surface area contributed by atoms with E-state index in [1.165, 1.54) is 0 Å². The van der Waals surface area contributed by atoms with Crippen LogP contribution in [0.5, 0.6) is 0 Å². The maximum Gasteiger partial charge on any atom is 0.417 e. The summed E-state index contributed by atoms with van der Waals surface area (Å²) >= 11 is 5.94. The molecular formula is C12H15ClF3N3. The standard InChI is InChI=1S/C12H15ClF3N3/c1-18-3-2-4-19(6-5-18)11-10(13)7-9(8-17-11)12(14,15)16/h7-8H,2-6H2,1H3. The van der Waals surface area contributed by atoms with E-state index in [1.54, 1.807) is 0 Å². The number of anilines is 1. The Morgan fingerprint density at radius 3 is 2.58 bits per heavy atom. The molecule has 0 N–H and O–H groups in total. The second kappa shape index (κ2) is 5.54. The van der Waals surface area contributed by atoms with E-state index >= 15 is 0 Å². The van der Waals surface area contributed by atoms with Gasteiger partial charge >= 0.3 is 6.18 Å². The van der Waals surface area contributed by atoms with Crippen LogP contribution in [0.4, 0.5) is 19.0 Å². The largest absolute Gasteiger partial charge is 0.417 e. The molecule has 0 saturated carbocycles. The molecule has 1 aromatic rings. The molecule has 19 heavy (non-hydrogen) atoms. The summed E-state index contributed by atoms with van der Waals surface area (Å²) in [7, 11) is 2.02. The summed E-state index contributed by atoms with van der Waals surface area (Å²) < 4.78 is 37.6. The van der Waals surface area contributed by atoms with Crippen LogP contribution in [0.25, 0.3) is 0 Å². The Morgan fingerprint density at radius 2 is 1.95 bits per heavy atom. The van der Waals surface area contributed by atoms with Crippen molar-refractivity contribution in [3.63, 3.8) is 0 Å². The molecule has 0 aliphatic carbocycles. The van der Waals surface area contributed by atoms with Crippen molar-refractivity contribution in [1.29, 1.82) is 0 Å². The summed E-state index contributed by atoms with van der Waals surface area (Å²) in [5.41, 5.74) is -0.812. The fraction of sp³-hybridized carbons (Fsp3) is 0.583. The fourth-order valence-corrected chi connectivity index (χ4v) is 2.36. The van der Waals surface area contributed by atoms with Crippen molar-refractivity contribution < 1.29 is 13.2 Å². The van der Waals surface area contributed by atoms with Gasteiger partial charge in [-0.25, -0.2) is 4.98 Å². The van der Waals surface area contributed by atoms with Gasteiger partial charge in [0.25, 0.3) is 0 Å². The zero-order chi connectivity index (χ0) is 14.0. The van der Waals surface area contributed by atoms with Crippen LogP contribution in [0.3, 0.4) is 0 Å². The molecule has 1 aromatic heterocycles. The van der Waals surface area contributed by atoms with Gasteiger partial charge in [-0.3, -0.25) is 0 Å². The minimum atomic E-state index is -4.41. The van der Waals surface area contributed by atoms with Gasteiger partial charge in [0.05, 0.1) is 10.6 Å². The van der Waals surface area contributed by atoms with Gasteiger partial charge in [0.15, 0.2) is 0 Å². The first kappa shape index (κ1) is 14.4. The Kier molecular flexibility index (Phi) is 4.20. The van der Waals surface area contributed by atoms with Crippen LogP contribution >= 0.6 is 11.6 Å². The van der Waals surface area contributed by atoms with E-state index in [0.717, 1.165) is 38.3 Å². The van der Waals surface area contributed by atoms with Crippen molar-refractivity contribution in [3.8, 4) is 0 Å². The predicted molar refractivity (Wildman–Crippen MR) is 68.6 cm³/mol. The third kappa shape index (κ3) is 3.51. The summed E-state index contributed by atoms with van der Waals surface area (Å²) in [6.07, 6.45) is -2.63. The topological polar surface area (TPSA) is 19.4 Å². The lowest BCUT2D eigenvalue weighted by atomic mass is 10.2. The Bertz CT molecular complexity index is 450. The molecule has 2 heterocycles. The maximum atomic E-state index is 12.5. The molecule has 106 valence electrons. The normalized spacial score (nSPS) is 18.5. The van der Waals surface area contributed by atoms with Crippen molar-refractivity contribution in [2.75, 3.05) is 38.1 Å². The smallest absolute Gasteiger partial charge is 0.354 e. The fourth-order valence-electron chi connectivity index (χ4n) is 2.08. The van der Waals surface area contributed by atoms with Gasteiger partial charge in [0.1, 0.15) is 5.82 Å². The molecule has 0 aromatic carbocycles. The van der Waals surface area contributed by atoms with Crippen LogP contribution in [-0.4, -0.2) is 43.1 Å². The Labute approximate surface area is 115 Å². The molecule has 0 bridgehead atoms. The summed E-state index contributed by atoms with van der Waals surface area (Å²) in [4.78, 5) is 8.01. The van der Waals surface area contributed by atoms with Crippen molar-refractivity contribution in [2.45, 2.75) is 12.6 Å². The molecule has 0 spiro atoms. The molecule has 1 saturated heterocycles. The molecule has 0 amide bonds. The summed E-state index contributed by atoms with van der Waals surface area (Å²) in [6, 6.07) is 0.943. The van der Waals surface area contributed by atoms with Gasteiger partial charge in [0.2, 0.25) is 0 Å². The van der Waals surface area contributed by atoms with Crippen molar-refractivity contribution >= 4 is 17.4 Å². The number of hydrogen-bond acceptors (Lipinski definition) is 3. The highest BCUT2D eigenvalue weighted by Crippen LogP contribution is 2.33. The first-order valence-corrected chi connectivity index (χ1v) is 6.42. The Hall–Kier alpha value is -1.01. The van der Waals surface area contributed by atoms with Gasteiger partial charge in [-0.1, -0.05) is 11.6 Å². The van der Waals surface area contributed by atoms with Crippen LogP contribution < -0.4 is 4.90 Å².